The van der Waals surface area contributed by atoms with Gasteiger partial charge in [-0.25, -0.2) is 4.98 Å². The van der Waals surface area contributed by atoms with Gasteiger partial charge in [-0.1, -0.05) is 0 Å². The first-order valence-electron chi connectivity index (χ1n) is 3.75. The normalized spacial score (nSPS) is 11.1. The summed E-state index contributed by atoms with van der Waals surface area (Å²) in [5.74, 6) is 0.0832. The summed E-state index contributed by atoms with van der Waals surface area (Å²) in [5, 5.41) is 2.13. The van der Waals surface area contributed by atoms with E-state index >= 15 is 0 Å². The number of anilines is 1. The molecule has 1 aromatic rings. The maximum absolute atomic E-state index is 11.8. The third-order valence-corrected chi connectivity index (χ3v) is 1.41. The number of hydrogen-bond acceptors (Lipinski definition) is 3. The van der Waals surface area contributed by atoms with Crippen LogP contribution in [0.5, 0.6) is 0 Å². The molecule has 6 heteroatoms. The highest BCUT2D eigenvalue weighted by Crippen LogP contribution is 2.22. The van der Waals surface area contributed by atoms with E-state index < -0.39 is 12.7 Å². The average molecular weight is 203 g/mol. The van der Waals surface area contributed by atoms with Gasteiger partial charge in [0.2, 0.25) is 0 Å². The van der Waals surface area contributed by atoms with E-state index in [2.05, 4.69) is 22.0 Å². The number of aliphatic imine (C=N–C) groups is 1. The predicted molar refractivity (Wildman–Crippen MR) is 48.0 cm³/mol. The molecule has 0 amide bonds. The smallest absolute Gasteiger partial charge is 0.359 e. The molecule has 0 aliphatic heterocycles. The van der Waals surface area contributed by atoms with Crippen LogP contribution in [-0.4, -0.2) is 24.4 Å². The summed E-state index contributed by atoms with van der Waals surface area (Å²) in [6.45, 7) is 2.09. The Bertz CT molecular complexity index is 322. The lowest BCUT2D eigenvalue weighted by Crippen LogP contribution is -2.21. The minimum absolute atomic E-state index is 0.0832. The van der Waals surface area contributed by atoms with Crippen molar-refractivity contribution in [2.75, 3.05) is 11.9 Å². The Labute approximate surface area is 78.7 Å². The van der Waals surface area contributed by atoms with Crippen molar-refractivity contribution in [1.29, 1.82) is 0 Å². The number of pyridine rings is 1. The van der Waals surface area contributed by atoms with Crippen LogP contribution >= 0.6 is 0 Å². The Balaban J connectivity index is 2.71. The fourth-order valence-electron chi connectivity index (χ4n) is 0.845. The number of aromatic nitrogens is 1. The molecular weight excluding hydrogens is 195 g/mol. The zero-order valence-electron chi connectivity index (χ0n) is 7.17. The quantitative estimate of drug-likeness (QED) is 0.766. The summed E-state index contributed by atoms with van der Waals surface area (Å²) < 4.78 is 35.5. The molecule has 0 radical (unpaired) electrons. The van der Waals surface area contributed by atoms with Crippen molar-refractivity contribution in [1.82, 2.24) is 4.98 Å². The number of hydrogen-bond donors (Lipinski definition) is 1. The Kier molecular flexibility index (Phi) is 3.06. The summed E-state index contributed by atoms with van der Waals surface area (Å²) in [7, 11) is 0. The van der Waals surface area contributed by atoms with Crippen LogP contribution in [0.15, 0.2) is 23.3 Å². The molecule has 1 aromatic heterocycles. The molecule has 0 unspecified atom stereocenters. The number of halogens is 3. The van der Waals surface area contributed by atoms with E-state index in [4.69, 9.17) is 0 Å². The van der Waals surface area contributed by atoms with Gasteiger partial charge in [-0.3, -0.25) is 4.99 Å². The molecule has 14 heavy (non-hydrogen) atoms. The highest BCUT2D eigenvalue weighted by Gasteiger charge is 2.27. The standard InChI is InChI=1S/C8H8F3N3/c1-12-6-3-2-4-13-7(6)14-5-8(9,10)11/h2-4H,1,5H2,(H,13,14). The lowest BCUT2D eigenvalue weighted by atomic mass is 10.4. The Hall–Kier alpha value is -1.59. The van der Waals surface area contributed by atoms with Gasteiger partial charge in [0.25, 0.3) is 0 Å². The highest BCUT2D eigenvalue weighted by molar-refractivity contribution is 5.62. The predicted octanol–water partition coefficient (Wildman–Crippen LogP) is 2.39. The van der Waals surface area contributed by atoms with Crippen LogP contribution < -0.4 is 5.32 Å². The highest BCUT2D eigenvalue weighted by atomic mass is 19.4. The van der Waals surface area contributed by atoms with Crippen molar-refractivity contribution >= 4 is 18.2 Å². The third-order valence-electron chi connectivity index (χ3n) is 1.41. The molecular formula is C8H8F3N3. The molecule has 0 saturated carbocycles. The fourth-order valence-corrected chi connectivity index (χ4v) is 0.845. The number of alkyl halides is 3. The number of nitrogens with zero attached hydrogens (tertiary/aromatic N) is 2. The molecule has 0 aliphatic rings. The summed E-state index contributed by atoms with van der Waals surface area (Å²) in [4.78, 5) is 7.24. The van der Waals surface area contributed by atoms with E-state index in [9.17, 15) is 13.2 Å². The first-order valence-corrected chi connectivity index (χ1v) is 3.75. The molecule has 0 spiro atoms. The van der Waals surface area contributed by atoms with Crippen molar-refractivity contribution in [2.24, 2.45) is 4.99 Å². The fraction of sp³-hybridized carbons (Fsp3) is 0.250. The zero-order valence-corrected chi connectivity index (χ0v) is 7.17. The van der Waals surface area contributed by atoms with Crippen molar-refractivity contribution < 1.29 is 13.2 Å². The molecule has 0 aromatic carbocycles. The van der Waals surface area contributed by atoms with Gasteiger partial charge in [-0.05, 0) is 18.9 Å². The maximum atomic E-state index is 11.8. The molecule has 1 N–H and O–H groups in total. The second kappa shape index (κ2) is 4.08. The van der Waals surface area contributed by atoms with E-state index in [0.29, 0.717) is 5.69 Å². The Morgan fingerprint density at radius 2 is 2.21 bits per heavy atom. The Morgan fingerprint density at radius 1 is 1.50 bits per heavy atom. The topological polar surface area (TPSA) is 37.3 Å². The van der Waals surface area contributed by atoms with E-state index in [0.717, 1.165) is 0 Å². The zero-order chi connectivity index (χ0) is 10.6. The van der Waals surface area contributed by atoms with Gasteiger partial charge in [-0.15, -0.1) is 0 Å². The van der Waals surface area contributed by atoms with Crippen LogP contribution in [0.2, 0.25) is 0 Å². The van der Waals surface area contributed by atoms with Gasteiger partial charge in [0.15, 0.2) is 5.82 Å². The van der Waals surface area contributed by atoms with Crippen molar-refractivity contribution in [3.8, 4) is 0 Å². The summed E-state index contributed by atoms with van der Waals surface area (Å²) in [5.41, 5.74) is 0.303. The van der Waals surface area contributed by atoms with Crippen LogP contribution in [-0.2, 0) is 0 Å². The first-order chi connectivity index (χ1) is 6.53. The van der Waals surface area contributed by atoms with E-state index in [1.165, 1.54) is 12.3 Å². The van der Waals surface area contributed by atoms with Crippen molar-refractivity contribution in [2.45, 2.75) is 6.18 Å². The SMILES string of the molecule is C=Nc1cccnc1NCC(F)(F)F. The monoisotopic (exact) mass is 203 g/mol. The van der Waals surface area contributed by atoms with Gasteiger partial charge in [0, 0.05) is 6.20 Å². The molecule has 76 valence electrons. The lowest BCUT2D eigenvalue weighted by molar-refractivity contribution is -0.115. The lowest BCUT2D eigenvalue weighted by Gasteiger charge is -2.09. The molecule has 1 rings (SSSR count). The van der Waals surface area contributed by atoms with E-state index in [-0.39, 0.29) is 5.82 Å². The second-order valence-corrected chi connectivity index (χ2v) is 2.50. The van der Waals surface area contributed by atoms with Crippen LogP contribution in [0.4, 0.5) is 24.7 Å². The van der Waals surface area contributed by atoms with Crippen LogP contribution in [0.25, 0.3) is 0 Å². The summed E-state index contributed by atoms with van der Waals surface area (Å²) in [6.07, 6.45) is -2.89. The van der Waals surface area contributed by atoms with Gasteiger partial charge < -0.3 is 5.32 Å². The molecule has 0 aliphatic carbocycles. The molecule has 0 fully saturated rings. The molecule has 3 nitrogen and oxygen atoms in total. The number of rotatable bonds is 3. The molecule has 0 bridgehead atoms. The van der Waals surface area contributed by atoms with Crippen molar-refractivity contribution in [3.05, 3.63) is 18.3 Å². The summed E-state index contributed by atoms with van der Waals surface area (Å²) >= 11 is 0. The van der Waals surface area contributed by atoms with Crippen LogP contribution in [0, 0.1) is 0 Å². The largest absolute Gasteiger partial charge is 0.405 e. The van der Waals surface area contributed by atoms with E-state index in [1.54, 1.807) is 6.07 Å². The average Bonchev–Trinajstić information content (AvgIpc) is 2.14. The van der Waals surface area contributed by atoms with Gasteiger partial charge in [0.05, 0.1) is 0 Å². The van der Waals surface area contributed by atoms with Crippen LogP contribution in [0.3, 0.4) is 0 Å². The first kappa shape index (κ1) is 10.5. The van der Waals surface area contributed by atoms with Crippen molar-refractivity contribution in [3.63, 3.8) is 0 Å². The summed E-state index contributed by atoms with van der Waals surface area (Å²) in [6, 6.07) is 3.10. The van der Waals surface area contributed by atoms with Gasteiger partial charge >= 0.3 is 6.18 Å². The minimum atomic E-state index is -4.27. The van der Waals surface area contributed by atoms with Gasteiger partial charge in [-0.2, -0.15) is 13.2 Å². The number of nitrogens with one attached hydrogen (secondary N) is 1. The van der Waals surface area contributed by atoms with E-state index in [1.807, 2.05) is 0 Å². The molecule has 1 heterocycles. The molecule has 0 saturated heterocycles. The third kappa shape index (κ3) is 3.04. The minimum Gasteiger partial charge on any atom is -0.359 e. The maximum Gasteiger partial charge on any atom is 0.405 e. The second-order valence-electron chi connectivity index (χ2n) is 2.50. The molecule has 0 atom stereocenters. The van der Waals surface area contributed by atoms with Gasteiger partial charge in [0.1, 0.15) is 12.2 Å². The Morgan fingerprint density at radius 3 is 2.79 bits per heavy atom. The van der Waals surface area contributed by atoms with Crippen LogP contribution in [0.1, 0.15) is 0 Å².